The van der Waals surface area contributed by atoms with Gasteiger partial charge in [0, 0.05) is 6.54 Å². The summed E-state index contributed by atoms with van der Waals surface area (Å²) in [5.41, 5.74) is 1.09. The van der Waals surface area contributed by atoms with Crippen molar-refractivity contribution in [1.29, 1.82) is 0 Å². The Morgan fingerprint density at radius 1 is 1.18 bits per heavy atom. The van der Waals surface area contributed by atoms with Gasteiger partial charge >= 0.3 is 0 Å². The zero-order valence-electron chi connectivity index (χ0n) is 12.6. The maximum atomic E-state index is 12.1. The van der Waals surface area contributed by atoms with Gasteiger partial charge in [-0.15, -0.1) is 0 Å². The van der Waals surface area contributed by atoms with Crippen molar-refractivity contribution in [3.05, 3.63) is 53.2 Å². The number of aromatic nitrogens is 1. The maximum absolute atomic E-state index is 12.1. The normalized spacial score (nSPS) is 10.3. The third-order valence-corrected chi connectivity index (χ3v) is 3.56. The summed E-state index contributed by atoms with van der Waals surface area (Å²) in [6.45, 7) is 3.08. The molecule has 2 rings (SSSR count). The van der Waals surface area contributed by atoms with Crippen LogP contribution in [0.1, 0.15) is 36.5 Å². The van der Waals surface area contributed by atoms with Crippen molar-refractivity contribution in [2.45, 2.75) is 26.2 Å². The first kappa shape index (κ1) is 16.3. The quantitative estimate of drug-likeness (QED) is 0.734. The van der Waals surface area contributed by atoms with E-state index in [0.717, 1.165) is 18.8 Å². The van der Waals surface area contributed by atoms with E-state index in [4.69, 9.17) is 11.6 Å². The molecule has 0 atom stereocenters. The molecule has 22 heavy (non-hydrogen) atoms. The molecule has 1 aromatic heterocycles. The molecule has 0 spiro atoms. The molecule has 2 N–H and O–H groups in total. The highest BCUT2D eigenvalue weighted by atomic mass is 35.5. The van der Waals surface area contributed by atoms with Gasteiger partial charge < -0.3 is 10.6 Å². The first-order chi connectivity index (χ1) is 10.7. The van der Waals surface area contributed by atoms with E-state index in [2.05, 4.69) is 22.5 Å². The Morgan fingerprint density at radius 3 is 2.68 bits per heavy atom. The van der Waals surface area contributed by atoms with Gasteiger partial charge in [0.05, 0.1) is 22.5 Å². The number of anilines is 2. The largest absolute Gasteiger partial charge is 0.370 e. The van der Waals surface area contributed by atoms with Crippen LogP contribution in [-0.4, -0.2) is 17.4 Å². The number of nitrogens with one attached hydrogen (secondary N) is 2. The lowest BCUT2D eigenvalue weighted by Crippen LogP contribution is -2.12. The molecular formula is C17H20ClN3O. The number of halogens is 1. The third-order valence-electron chi connectivity index (χ3n) is 3.23. The maximum Gasteiger partial charge on any atom is 0.257 e. The molecule has 116 valence electrons. The summed E-state index contributed by atoms with van der Waals surface area (Å²) in [5, 5.41) is 6.48. The number of benzene rings is 1. The van der Waals surface area contributed by atoms with Crippen LogP contribution in [-0.2, 0) is 0 Å². The van der Waals surface area contributed by atoms with Crippen LogP contribution in [0.3, 0.4) is 0 Å². The number of carbonyl (C=O) groups is 1. The van der Waals surface area contributed by atoms with Crippen LogP contribution in [0.2, 0.25) is 5.02 Å². The monoisotopic (exact) mass is 317 g/mol. The predicted molar refractivity (Wildman–Crippen MR) is 91.7 cm³/mol. The third kappa shape index (κ3) is 4.74. The van der Waals surface area contributed by atoms with Gasteiger partial charge in [0.25, 0.3) is 5.91 Å². The highest BCUT2D eigenvalue weighted by molar-refractivity contribution is 6.34. The molecule has 1 amide bonds. The number of pyridine rings is 1. The second-order valence-electron chi connectivity index (χ2n) is 5.00. The minimum Gasteiger partial charge on any atom is -0.370 e. The van der Waals surface area contributed by atoms with E-state index in [9.17, 15) is 4.79 Å². The van der Waals surface area contributed by atoms with Crippen LogP contribution in [0, 0.1) is 0 Å². The standard InChI is InChI=1S/C17H20ClN3O/c1-2-3-6-11-19-16-10-9-13(12-20-16)21-17(22)14-7-4-5-8-15(14)18/h4-5,7-10,12H,2-3,6,11H2,1H3,(H,19,20)(H,21,22). The summed E-state index contributed by atoms with van der Waals surface area (Å²) in [4.78, 5) is 16.4. The number of rotatable bonds is 7. The van der Waals surface area contributed by atoms with Crippen LogP contribution in [0.15, 0.2) is 42.6 Å². The van der Waals surface area contributed by atoms with E-state index in [0.29, 0.717) is 16.3 Å². The van der Waals surface area contributed by atoms with Crippen molar-refractivity contribution >= 4 is 29.0 Å². The fourth-order valence-corrected chi connectivity index (χ4v) is 2.23. The van der Waals surface area contributed by atoms with Gasteiger partial charge in [-0.05, 0) is 30.7 Å². The van der Waals surface area contributed by atoms with Crippen molar-refractivity contribution in [2.75, 3.05) is 17.2 Å². The van der Waals surface area contributed by atoms with Crippen molar-refractivity contribution < 1.29 is 4.79 Å². The van der Waals surface area contributed by atoms with Crippen molar-refractivity contribution in [1.82, 2.24) is 4.98 Å². The van der Waals surface area contributed by atoms with E-state index in [-0.39, 0.29) is 5.91 Å². The molecule has 0 saturated carbocycles. The van der Waals surface area contributed by atoms with E-state index < -0.39 is 0 Å². The Labute approximate surface area is 135 Å². The van der Waals surface area contributed by atoms with Crippen LogP contribution in [0.25, 0.3) is 0 Å². The van der Waals surface area contributed by atoms with Gasteiger partial charge in [-0.25, -0.2) is 4.98 Å². The second kappa shape index (κ2) is 8.39. The molecule has 2 aromatic rings. The molecule has 5 heteroatoms. The zero-order valence-corrected chi connectivity index (χ0v) is 13.4. The fourth-order valence-electron chi connectivity index (χ4n) is 2.01. The smallest absolute Gasteiger partial charge is 0.257 e. The Kier molecular flexibility index (Phi) is 6.22. The fraction of sp³-hybridized carbons (Fsp3) is 0.294. The topological polar surface area (TPSA) is 54.0 Å². The average molecular weight is 318 g/mol. The Balaban J connectivity index is 1.91. The van der Waals surface area contributed by atoms with Crippen molar-refractivity contribution in [3.63, 3.8) is 0 Å². The molecule has 0 radical (unpaired) electrons. The molecule has 1 aromatic carbocycles. The van der Waals surface area contributed by atoms with Gasteiger partial charge in [0.1, 0.15) is 5.82 Å². The summed E-state index contributed by atoms with van der Waals surface area (Å²) < 4.78 is 0. The Bertz CT molecular complexity index is 614. The number of unbranched alkanes of at least 4 members (excludes halogenated alkanes) is 2. The molecule has 0 saturated heterocycles. The summed E-state index contributed by atoms with van der Waals surface area (Å²) in [7, 11) is 0. The molecule has 0 bridgehead atoms. The van der Waals surface area contributed by atoms with Gasteiger partial charge in [-0.1, -0.05) is 43.5 Å². The summed E-state index contributed by atoms with van der Waals surface area (Å²) in [6.07, 6.45) is 5.17. The lowest BCUT2D eigenvalue weighted by atomic mass is 10.2. The molecule has 1 heterocycles. The minimum absolute atomic E-state index is 0.240. The van der Waals surface area contributed by atoms with E-state index in [1.807, 2.05) is 12.1 Å². The average Bonchev–Trinajstić information content (AvgIpc) is 2.53. The van der Waals surface area contributed by atoms with Gasteiger partial charge in [0.2, 0.25) is 0 Å². The predicted octanol–water partition coefficient (Wildman–Crippen LogP) is 4.59. The lowest BCUT2D eigenvalue weighted by molar-refractivity contribution is 0.102. The summed E-state index contributed by atoms with van der Waals surface area (Å²) >= 11 is 6.01. The molecular weight excluding hydrogens is 298 g/mol. The van der Waals surface area contributed by atoms with Crippen LogP contribution >= 0.6 is 11.6 Å². The van der Waals surface area contributed by atoms with Crippen molar-refractivity contribution in [3.8, 4) is 0 Å². The first-order valence-electron chi connectivity index (χ1n) is 7.46. The Morgan fingerprint density at radius 2 is 2.00 bits per heavy atom. The lowest BCUT2D eigenvalue weighted by Gasteiger charge is -2.08. The van der Waals surface area contributed by atoms with Gasteiger partial charge in [-0.3, -0.25) is 4.79 Å². The summed E-state index contributed by atoms with van der Waals surface area (Å²) in [6, 6.07) is 10.6. The molecule has 0 aliphatic carbocycles. The van der Waals surface area contributed by atoms with E-state index >= 15 is 0 Å². The van der Waals surface area contributed by atoms with Crippen LogP contribution < -0.4 is 10.6 Å². The molecule has 0 aliphatic heterocycles. The number of amides is 1. The van der Waals surface area contributed by atoms with Crippen LogP contribution in [0.4, 0.5) is 11.5 Å². The van der Waals surface area contributed by atoms with Crippen molar-refractivity contribution in [2.24, 2.45) is 0 Å². The number of carbonyl (C=O) groups excluding carboxylic acids is 1. The van der Waals surface area contributed by atoms with E-state index in [1.54, 1.807) is 30.5 Å². The Hall–Kier alpha value is -2.07. The molecule has 0 fully saturated rings. The minimum atomic E-state index is -0.240. The van der Waals surface area contributed by atoms with E-state index in [1.165, 1.54) is 12.8 Å². The highest BCUT2D eigenvalue weighted by Crippen LogP contribution is 2.17. The SMILES string of the molecule is CCCCCNc1ccc(NC(=O)c2ccccc2Cl)cn1. The second-order valence-corrected chi connectivity index (χ2v) is 5.41. The van der Waals surface area contributed by atoms with Crippen LogP contribution in [0.5, 0.6) is 0 Å². The number of hydrogen-bond donors (Lipinski definition) is 2. The van der Waals surface area contributed by atoms with Gasteiger partial charge in [0.15, 0.2) is 0 Å². The van der Waals surface area contributed by atoms with Gasteiger partial charge in [-0.2, -0.15) is 0 Å². The molecule has 4 nitrogen and oxygen atoms in total. The first-order valence-corrected chi connectivity index (χ1v) is 7.84. The molecule has 0 aliphatic rings. The number of nitrogens with zero attached hydrogens (tertiary/aromatic N) is 1. The molecule has 0 unspecified atom stereocenters. The summed E-state index contributed by atoms with van der Waals surface area (Å²) in [5.74, 6) is 0.572. The number of hydrogen-bond acceptors (Lipinski definition) is 3. The zero-order chi connectivity index (χ0) is 15.8. The highest BCUT2D eigenvalue weighted by Gasteiger charge is 2.09.